The van der Waals surface area contributed by atoms with Crippen LogP contribution in [0, 0.1) is 13.8 Å². The molecule has 0 bridgehead atoms. The monoisotopic (exact) mass is 395 g/mol. The first kappa shape index (κ1) is 20.9. The van der Waals surface area contributed by atoms with Crippen molar-refractivity contribution in [2.24, 2.45) is 4.99 Å². The molecule has 0 saturated heterocycles. The number of imidazole rings is 2. The SMILES string of the molecule is CCNC(=NCCCn1c(C)nc2ccccc21)NCCCCn1ccnc1C. The van der Waals surface area contributed by atoms with Gasteiger partial charge in [0.05, 0.1) is 11.0 Å². The maximum absolute atomic E-state index is 4.73. The maximum Gasteiger partial charge on any atom is 0.191 e. The van der Waals surface area contributed by atoms with Gasteiger partial charge in [-0.2, -0.15) is 0 Å². The second kappa shape index (κ2) is 10.6. The molecule has 3 aromatic rings. The topological polar surface area (TPSA) is 72.1 Å². The molecule has 0 saturated carbocycles. The van der Waals surface area contributed by atoms with Crippen LogP contribution in [0.5, 0.6) is 0 Å². The Hall–Kier alpha value is -2.83. The van der Waals surface area contributed by atoms with E-state index in [1.54, 1.807) is 0 Å². The zero-order chi connectivity index (χ0) is 20.5. The van der Waals surface area contributed by atoms with Gasteiger partial charge in [0.15, 0.2) is 5.96 Å². The van der Waals surface area contributed by atoms with Crippen molar-refractivity contribution in [2.45, 2.75) is 53.1 Å². The lowest BCUT2D eigenvalue weighted by Crippen LogP contribution is -2.38. The van der Waals surface area contributed by atoms with Crippen LogP contribution in [0.25, 0.3) is 11.0 Å². The molecule has 29 heavy (non-hydrogen) atoms. The summed E-state index contributed by atoms with van der Waals surface area (Å²) in [6, 6.07) is 8.31. The molecule has 0 unspecified atom stereocenters. The molecular formula is C22H33N7. The van der Waals surface area contributed by atoms with Gasteiger partial charge in [-0.05, 0) is 52.2 Å². The summed E-state index contributed by atoms with van der Waals surface area (Å²) in [5.41, 5.74) is 2.27. The third-order valence-corrected chi connectivity index (χ3v) is 5.04. The fraction of sp³-hybridized carbons (Fsp3) is 0.500. The molecule has 2 heterocycles. The molecule has 2 aromatic heterocycles. The van der Waals surface area contributed by atoms with Crippen molar-refractivity contribution in [1.29, 1.82) is 0 Å². The van der Waals surface area contributed by atoms with Crippen LogP contribution in [0.15, 0.2) is 41.7 Å². The second-order valence-electron chi connectivity index (χ2n) is 7.22. The van der Waals surface area contributed by atoms with Crippen molar-refractivity contribution in [2.75, 3.05) is 19.6 Å². The highest BCUT2D eigenvalue weighted by Gasteiger charge is 2.06. The Balaban J connectivity index is 1.41. The number of nitrogens with one attached hydrogen (secondary N) is 2. The number of fused-ring (bicyclic) bond motifs is 1. The Labute approximate surface area is 173 Å². The van der Waals surface area contributed by atoms with Crippen LogP contribution in [0.4, 0.5) is 0 Å². The van der Waals surface area contributed by atoms with E-state index in [-0.39, 0.29) is 0 Å². The molecule has 0 aliphatic carbocycles. The number of guanidine groups is 1. The first-order valence-corrected chi connectivity index (χ1v) is 10.6. The van der Waals surface area contributed by atoms with Crippen LogP contribution in [-0.4, -0.2) is 44.7 Å². The molecule has 2 N–H and O–H groups in total. The van der Waals surface area contributed by atoms with E-state index in [4.69, 9.17) is 4.99 Å². The predicted octanol–water partition coefficient (Wildman–Crippen LogP) is 3.28. The van der Waals surface area contributed by atoms with Gasteiger partial charge in [0.25, 0.3) is 0 Å². The van der Waals surface area contributed by atoms with Crippen LogP contribution >= 0.6 is 0 Å². The number of rotatable bonds is 10. The minimum absolute atomic E-state index is 0.787. The Morgan fingerprint density at radius 1 is 1.03 bits per heavy atom. The van der Waals surface area contributed by atoms with Crippen molar-refractivity contribution in [1.82, 2.24) is 29.7 Å². The molecule has 0 aliphatic heterocycles. The van der Waals surface area contributed by atoms with Crippen LogP contribution < -0.4 is 10.6 Å². The highest BCUT2D eigenvalue weighted by Crippen LogP contribution is 2.15. The fourth-order valence-electron chi connectivity index (χ4n) is 3.49. The molecule has 0 spiro atoms. The number of nitrogens with zero attached hydrogens (tertiary/aromatic N) is 5. The van der Waals surface area contributed by atoms with Crippen molar-refractivity contribution in [3.8, 4) is 0 Å². The average molecular weight is 396 g/mol. The van der Waals surface area contributed by atoms with E-state index < -0.39 is 0 Å². The van der Waals surface area contributed by atoms with Crippen LogP contribution in [-0.2, 0) is 13.1 Å². The molecule has 156 valence electrons. The van der Waals surface area contributed by atoms with E-state index in [0.717, 1.165) is 75.1 Å². The van der Waals surface area contributed by atoms with Gasteiger partial charge in [-0.25, -0.2) is 9.97 Å². The number of aliphatic imine (C=N–C) groups is 1. The van der Waals surface area contributed by atoms with E-state index >= 15 is 0 Å². The first-order chi connectivity index (χ1) is 14.2. The Bertz CT molecular complexity index is 922. The second-order valence-corrected chi connectivity index (χ2v) is 7.22. The van der Waals surface area contributed by atoms with Gasteiger partial charge in [0, 0.05) is 45.1 Å². The van der Waals surface area contributed by atoms with Gasteiger partial charge >= 0.3 is 0 Å². The molecule has 0 atom stereocenters. The zero-order valence-electron chi connectivity index (χ0n) is 17.9. The molecule has 0 radical (unpaired) electrons. The van der Waals surface area contributed by atoms with Crippen molar-refractivity contribution in [3.63, 3.8) is 0 Å². The summed E-state index contributed by atoms with van der Waals surface area (Å²) in [6.45, 7) is 10.7. The highest BCUT2D eigenvalue weighted by atomic mass is 15.2. The standard InChI is InChI=1S/C22H33N7/c1-4-23-22(25-12-7-8-15-28-17-14-24-18(28)2)26-13-9-16-29-19(3)27-20-10-5-6-11-21(20)29/h5-6,10-11,14,17H,4,7-9,12-13,15-16H2,1-3H3,(H2,23,25,26). The lowest BCUT2D eigenvalue weighted by molar-refractivity contribution is 0.587. The molecule has 1 aromatic carbocycles. The Morgan fingerprint density at radius 3 is 2.69 bits per heavy atom. The zero-order valence-corrected chi connectivity index (χ0v) is 17.9. The summed E-state index contributed by atoms with van der Waals surface area (Å²) in [7, 11) is 0. The molecular weight excluding hydrogens is 362 g/mol. The van der Waals surface area contributed by atoms with Crippen molar-refractivity contribution < 1.29 is 0 Å². The van der Waals surface area contributed by atoms with E-state index in [1.165, 1.54) is 5.52 Å². The van der Waals surface area contributed by atoms with Crippen LogP contribution in [0.1, 0.15) is 37.8 Å². The maximum atomic E-state index is 4.73. The summed E-state index contributed by atoms with van der Waals surface area (Å²) in [5.74, 6) is 3.04. The summed E-state index contributed by atoms with van der Waals surface area (Å²) in [4.78, 5) is 13.6. The van der Waals surface area contributed by atoms with Gasteiger partial charge in [0.1, 0.15) is 11.6 Å². The third kappa shape index (κ3) is 5.82. The van der Waals surface area contributed by atoms with Gasteiger partial charge in [-0.1, -0.05) is 12.1 Å². The number of aromatic nitrogens is 4. The quantitative estimate of drug-likeness (QED) is 0.314. The normalized spacial score (nSPS) is 11.9. The van der Waals surface area contributed by atoms with E-state index in [2.05, 4.69) is 61.8 Å². The van der Waals surface area contributed by atoms with E-state index in [1.807, 2.05) is 25.4 Å². The minimum Gasteiger partial charge on any atom is -0.357 e. The third-order valence-electron chi connectivity index (χ3n) is 5.04. The van der Waals surface area contributed by atoms with Crippen LogP contribution in [0.2, 0.25) is 0 Å². The number of hydrogen-bond donors (Lipinski definition) is 2. The number of para-hydroxylation sites is 2. The largest absolute Gasteiger partial charge is 0.357 e. The minimum atomic E-state index is 0.787. The molecule has 0 fully saturated rings. The van der Waals surface area contributed by atoms with Crippen LogP contribution in [0.3, 0.4) is 0 Å². The number of aryl methyl sites for hydroxylation is 4. The van der Waals surface area contributed by atoms with E-state index in [0.29, 0.717) is 0 Å². The molecule has 3 rings (SSSR count). The number of benzene rings is 1. The lowest BCUT2D eigenvalue weighted by Gasteiger charge is -2.12. The Kier molecular flexibility index (Phi) is 7.67. The average Bonchev–Trinajstić information content (AvgIpc) is 3.27. The summed E-state index contributed by atoms with van der Waals surface area (Å²) < 4.78 is 4.48. The Morgan fingerprint density at radius 2 is 1.90 bits per heavy atom. The molecule has 7 nitrogen and oxygen atoms in total. The number of hydrogen-bond acceptors (Lipinski definition) is 3. The fourth-order valence-corrected chi connectivity index (χ4v) is 3.49. The predicted molar refractivity (Wildman–Crippen MR) is 119 cm³/mol. The smallest absolute Gasteiger partial charge is 0.191 e. The molecule has 7 heteroatoms. The summed E-state index contributed by atoms with van der Waals surface area (Å²) in [5, 5.41) is 6.78. The van der Waals surface area contributed by atoms with Gasteiger partial charge in [-0.15, -0.1) is 0 Å². The van der Waals surface area contributed by atoms with Gasteiger partial charge < -0.3 is 19.8 Å². The first-order valence-electron chi connectivity index (χ1n) is 10.6. The number of unbranched alkanes of at least 4 members (excludes halogenated alkanes) is 1. The van der Waals surface area contributed by atoms with Gasteiger partial charge in [-0.3, -0.25) is 4.99 Å². The molecule has 0 amide bonds. The highest BCUT2D eigenvalue weighted by molar-refractivity contribution is 5.79. The summed E-state index contributed by atoms with van der Waals surface area (Å²) in [6.07, 6.45) is 7.10. The molecule has 0 aliphatic rings. The lowest BCUT2D eigenvalue weighted by atomic mass is 10.3. The van der Waals surface area contributed by atoms with Crippen molar-refractivity contribution >= 4 is 17.0 Å². The van der Waals surface area contributed by atoms with E-state index in [9.17, 15) is 0 Å². The van der Waals surface area contributed by atoms with Crippen molar-refractivity contribution in [3.05, 3.63) is 48.3 Å². The van der Waals surface area contributed by atoms with Gasteiger partial charge in [0.2, 0.25) is 0 Å². The summed E-state index contributed by atoms with van der Waals surface area (Å²) >= 11 is 0.